The summed E-state index contributed by atoms with van der Waals surface area (Å²) >= 11 is 3.40. The molecule has 1 aromatic carbocycles. The van der Waals surface area contributed by atoms with Crippen LogP contribution in [0.3, 0.4) is 0 Å². The Labute approximate surface area is 121 Å². The molecule has 102 valence electrons. The van der Waals surface area contributed by atoms with E-state index in [1.807, 2.05) is 6.07 Å². The topological polar surface area (TPSA) is 40.5 Å². The standard InChI is InChI=1S/C15H18BrNO2/c16-12-6-11(14(18)19)7-13(8-12)17-9-15(10-17)4-2-1-3-5-15/h6-8H,1-5,9-10H2,(H,18,19). The highest BCUT2D eigenvalue weighted by Crippen LogP contribution is 2.45. The highest BCUT2D eigenvalue weighted by Gasteiger charge is 2.43. The smallest absolute Gasteiger partial charge is 0.335 e. The van der Waals surface area contributed by atoms with Crippen molar-refractivity contribution in [2.24, 2.45) is 5.41 Å². The Bertz CT molecular complexity index is 501. The van der Waals surface area contributed by atoms with Crippen molar-refractivity contribution in [1.82, 2.24) is 0 Å². The number of carboxylic acid groups (broad SMARTS) is 1. The Morgan fingerprint density at radius 2 is 1.84 bits per heavy atom. The second-order valence-corrected chi connectivity index (χ2v) is 6.84. The molecule has 2 aliphatic rings. The van der Waals surface area contributed by atoms with Gasteiger partial charge >= 0.3 is 5.97 Å². The maximum absolute atomic E-state index is 11.1. The number of rotatable bonds is 2. The first-order chi connectivity index (χ1) is 9.08. The summed E-state index contributed by atoms with van der Waals surface area (Å²) < 4.78 is 0.840. The molecule has 1 aliphatic carbocycles. The van der Waals surface area contributed by atoms with Gasteiger partial charge in [0.1, 0.15) is 0 Å². The zero-order chi connectivity index (χ0) is 13.5. The predicted molar refractivity (Wildman–Crippen MR) is 78.8 cm³/mol. The Hall–Kier alpha value is -1.03. The summed E-state index contributed by atoms with van der Waals surface area (Å²) in [6.07, 6.45) is 6.76. The van der Waals surface area contributed by atoms with Crippen LogP contribution in [0.1, 0.15) is 42.5 Å². The summed E-state index contributed by atoms with van der Waals surface area (Å²) in [5.74, 6) is -0.865. The van der Waals surface area contributed by atoms with Gasteiger partial charge in [-0.3, -0.25) is 0 Å². The third-order valence-corrected chi connectivity index (χ3v) is 4.92. The molecular weight excluding hydrogens is 306 g/mol. The Morgan fingerprint density at radius 3 is 2.47 bits per heavy atom. The Morgan fingerprint density at radius 1 is 1.16 bits per heavy atom. The van der Waals surface area contributed by atoms with Gasteiger partial charge in [-0.1, -0.05) is 35.2 Å². The maximum atomic E-state index is 11.1. The minimum absolute atomic E-state index is 0.356. The number of hydrogen-bond acceptors (Lipinski definition) is 2. The number of halogens is 1. The SMILES string of the molecule is O=C(O)c1cc(Br)cc(N2CC3(CCCCC3)C2)c1. The van der Waals surface area contributed by atoms with Gasteiger partial charge in [-0.25, -0.2) is 4.79 Å². The van der Waals surface area contributed by atoms with Crippen LogP contribution in [0.15, 0.2) is 22.7 Å². The summed E-state index contributed by atoms with van der Waals surface area (Å²) in [6.45, 7) is 2.17. The first-order valence-electron chi connectivity index (χ1n) is 6.87. The van der Waals surface area contributed by atoms with Gasteiger partial charge in [0, 0.05) is 28.7 Å². The van der Waals surface area contributed by atoms with Crippen molar-refractivity contribution in [3.63, 3.8) is 0 Å². The van der Waals surface area contributed by atoms with Crippen molar-refractivity contribution < 1.29 is 9.90 Å². The fraction of sp³-hybridized carbons (Fsp3) is 0.533. The molecule has 1 aromatic rings. The summed E-state index contributed by atoms with van der Waals surface area (Å²) in [5.41, 5.74) is 1.90. The third kappa shape index (κ3) is 2.50. The molecular formula is C15H18BrNO2. The van der Waals surface area contributed by atoms with Gasteiger partial charge in [0.25, 0.3) is 0 Å². The summed E-state index contributed by atoms with van der Waals surface area (Å²) in [7, 11) is 0. The summed E-state index contributed by atoms with van der Waals surface area (Å²) in [4.78, 5) is 13.4. The average Bonchev–Trinajstić information content (AvgIpc) is 2.36. The van der Waals surface area contributed by atoms with E-state index in [4.69, 9.17) is 5.11 Å². The molecule has 1 N–H and O–H groups in total. The molecule has 4 heteroatoms. The molecule has 1 saturated heterocycles. The molecule has 1 spiro atoms. The molecule has 0 amide bonds. The Balaban J connectivity index is 1.76. The molecule has 0 bridgehead atoms. The first kappa shape index (κ1) is 13.0. The molecule has 0 atom stereocenters. The molecule has 1 aliphatic heterocycles. The van der Waals surface area contributed by atoms with Crippen LogP contribution in [0.25, 0.3) is 0 Å². The van der Waals surface area contributed by atoms with E-state index in [2.05, 4.69) is 20.8 Å². The van der Waals surface area contributed by atoms with Crippen LogP contribution in [-0.4, -0.2) is 24.2 Å². The van der Waals surface area contributed by atoms with Crippen LogP contribution < -0.4 is 4.90 Å². The van der Waals surface area contributed by atoms with E-state index >= 15 is 0 Å². The lowest BCUT2D eigenvalue weighted by molar-refractivity contribution is 0.0696. The molecule has 1 heterocycles. The van der Waals surface area contributed by atoms with Crippen molar-refractivity contribution in [3.8, 4) is 0 Å². The van der Waals surface area contributed by atoms with E-state index in [-0.39, 0.29) is 0 Å². The van der Waals surface area contributed by atoms with Gasteiger partial charge in [0.15, 0.2) is 0 Å². The van der Waals surface area contributed by atoms with Crippen LogP contribution in [0, 0.1) is 5.41 Å². The van der Waals surface area contributed by atoms with Crippen LogP contribution in [0.5, 0.6) is 0 Å². The van der Waals surface area contributed by atoms with Crippen molar-refractivity contribution in [2.75, 3.05) is 18.0 Å². The van der Waals surface area contributed by atoms with E-state index < -0.39 is 5.97 Å². The molecule has 2 fully saturated rings. The second-order valence-electron chi connectivity index (χ2n) is 5.92. The van der Waals surface area contributed by atoms with Crippen LogP contribution in [-0.2, 0) is 0 Å². The Kier molecular flexibility index (Phi) is 3.29. The monoisotopic (exact) mass is 323 g/mol. The van der Waals surface area contributed by atoms with E-state index in [1.54, 1.807) is 12.1 Å². The molecule has 19 heavy (non-hydrogen) atoms. The second kappa shape index (κ2) is 4.82. The number of carboxylic acids is 1. The normalized spacial score (nSPS) is 21.2. The van der Waals surface area contributed by atoms with E-state index in [1.165, 1.54) is 32.1 Å². The molecule has 3 rings (SSSR count). The lowest BCUT2D eigenvalue weighted by atomic mass is 9.68. The van der Waals surface area contributed by atoms with Crippen molar-refractivity contribution >= 4 is 27.6 Å². The molecule has 0 unspecified atom stereocenters. The first-order valence-corrected chi connectivity index (χ1v) is 7.66. The van der Waals surface area contributed by atoms with Crippen molar-refractivity contribution in [2.45, 2.75) is 32.1 Å². The maximum Gasteiger partial charge on any atom is 0.335 e. The number of carbonyl (C=O) groups is 1. The zero-order valence-electron chi connectivity index (χ0n) is 10.9. The largest absolute Gasteiger partial charge is 0.478 e. The van der Waals surface area contributed by atoms with Crippen molar-refractivity contribution in [3.05, 3.63) is 28.2 Å². The van der Waals surface area contributed by atoms with Gasteiger partial charge in [-0.2, -0.15) is 0 Å². The third-order valence-electron chi connectivity index (χ3n) is 4.46. The quantitative estimate of drug-likeness (QED) is 0.896. The molecule has 0 radical (unpaired) electrons. The minimum atomic E-state index is -0.865. The predicted octanol–water partition coefficient (Wildman–Crippen LogP) is 3.92. The van der Waals surface area contributed by atoms with Gasteiger partial charge in [-0.05, 0) is 31.0 Å². The van der Waals surface area contributed by atoms with Crippen LogP contribution >= 0.6 is 15.9 Å². The average molecular weight is 324 g/mol. The molecule has 1 saturated carbocycles. The van der Waals surface area contributed by atoms with E-state index in [0.717, 1.165) is 23.2 Å². The number of hydrogen-bond donors (Lipinski definition) is 1. The number of nitrogens with zero attached hydrogens (tertiary/aromatic N) is 1. The highest BCUT2D eigenvalue weighted by atomic mass is 79.9. The van der Waals surface area contributed by atoms with Crippen molar-refractivity contribution in [1.29, 1.82) is 0 Å². The lowest BCUT2D eigenvalue weighted by Gasteiger charge is -2.53. The zero-order valence-corrected chi connectivity index (χ0v) is 12.4. The van der Waals surface area contributed by atoms with Crippen LogP contribution in [0.4, 0.5) is 5.69 Å². The molecule has 3 nitrogen and oxygen atoms in total. The highest BCUT2D eigenvalue weighted by molar-refractivity contribution is 9.10. The van der Waals surface area contributed by atoms with Gasteiger partial charge in [0.05, 0.1) is 5.56 Å². The van der Waals surface area contributed by atoms with Gasteiger partial charge < -0.3 is 10.0 Å². The fourth-order valence-corrected chi connectivity index (χ4v) is 3.93. The van der Waals surface area contributed by atoms with Gasteiger partial charge in [0.2, 0.25) is 0 Å². The van der Waals surface area contributed by atoms with E-state index in [9.17, 15) is 4.79 Å². The van der Waals surface area contributed by atoms with Crippen LogP contribution in [0.2, 0.25) is 0 Å². The summed E-state index contributed by atoms with van der Waals surface area (Å²) in [5, 5.41) is 9.11. The number of anilines is 1. The number of benzene rings is 1. The lowest BCUT2D eigenvalue weighted by Crippen LogP contribution is -2.57. The minimum Gasteiger partial charge on any atom is -0.478 e. The molecule has 0 aromatic heterocycles. The van der Waals surface area contributed by atoms with E-state index in [0.29, 0.717) is 11.0 Å². The van der Waals surface area contributed by atoms with Gasteiger partial charge in [-0.15, -0.1) is 0 Å². The number of aromatic carboxylic acids is 1. The fourth-order valence-electron chi connectivity index (χ4n) is 3.44. The summed E-state index contributed by atoms with van der Waals surface area (Å²) in [6, 6.07) is 5.45.